The first-order valence-corrected chi connectivity index (χ1v) is 12.4. The Morgan fingerprint density at radius 3 is 2.36 bits per heavy atom. The van der Waals surface area contributed by atoms with Crippen LogP contribution in [0, 0.1) is 0 Å². The number of aromatic nitrogens is 1. The van der Waals surface area contributed by atoms with Crippen LogP contribution in [0.1, 0.15) is 30.4 Å². The first kappa shape index (κ1) is 27.0. The number of nitrogens with one attached hydrogen (secondary N) is 1. The molecular formula is C30H37N3O3. The summed E-state index contributed by atoms with van der Waals surface area (Å²) in [6.07, 6.45) is 10.8. The molecule has 0 radical (unpaired) electrons. The van der Waals surface area contributed by atoms with Gasteiger partial charge in [-0.1, -0.05) is 42.5 Å². The van der Waals surface area contributed by atoms with Crippen LogP contribution in [0.2, 0.25) is 0 Å². The fourth-order valence-corrected chi connectivity index (χ4v) is 3.91. The van der Waals surface area contributed by atoms with Crippen molar-refractivity contribution in [2.24, 2.45) is 0 Å². The lowest BCUT2D eigenvalue weighted by Crippen LogP contribution is -2.26. The Morgan fingerprint density at radius 1 is 0.917 bits per heavy atom. The Balaban J connectivity index is 1.27. The standard InChI is InChI=1S/C30H37N3O3/c1-33(22-17-25-11-14-28(35-2)29(23-25)36-3)21-5-4-18-32-30(34)8-6-7-24-9-12-26(13-10-24)27-15-19-31-20-16-27/h6-7,9-16,19-20,23H,4-5,8,17-18,21-22H2,1-3H3,(H,32,34). The van der Waals surface area contributed by atoms with Crippen molar-refractivity contribution in [3.63, 3.8) is 0 Å². The highest BCUT2D eigenvalue weighted by Crippen LogP contribution is 2.27. The van der Waals surface area contributed by atoms with Gasteiger partial charge in [0.15, 0.2) is 11.5 Å². The van der Waals surface area contributed by atoms with Gasteiger partial charge in [0.25, 0.3) is 0 Å². The zero-order valence-electron chi connectivity index (χ0n) is 21.6. The Kier molecular flexibility index (Phi) is 11.0. The number of benzene rings is 2. The molecule has 1 heterocycles. The van der Waals surface area contributed by atoms with Crippen molar-refractivity contribution < 1.29 is 14.3 Å². The fraction of sp³-hybridized carbons (Fsp3) is 0.333. The van der Waals surface area contributed by atoms with Crippen LogP contribution in [0.4, 0.5) is 0 Å². The summed E-state index contributed by atoms with van der Waals surface area (Å²) >= 11 is 0. The molecule has 0 saturated carbocycles. The van der Waals surface area contributed by atoms with Gasteiger partial charge in [0, 0.05) is 31.9 Å². The number of ether oxygens (including phenoxy) is 2. The molecule has 3 aromatic rings. The van der Waals surface area contributed by atoms with Gasteiger partial charge in [0.1, 0.15) is 0 Å². The van der Waals surface area contributed by atoms with Crippen LogP contribution >= 0.6 is 0 Å². The number of hydrogen-bond acceptors (Lipinski definition) is 5. The third kappa shape index (κ3) is 8.86. The predicted molar refractivity (Wildman–Crippen MR) is 146 cm³/mol. The van der Waals surface area contributed by atoms with Crippen LogP contribution in [-0.4, -0.2) is 56.7 Å². The molecule has 0 bridgehead atoms. The number of pyridine rings is 1. The number of unbranched alkanes of at least 4 members (excludes halogenated alkanes) is 1. The minimum atomic E-state index is 0.0569. The van der Waals surface area contributed by atoms with E-state index in [9.17, 15) is 4.79 Å². The summed E-state index contributed by atoms with van der Waals surface area (Å²) in [5, 5.41) is 3.01. The molecule has 6 heteroatoms. The molecule has 190 valence electrons. The van der Waals surface area contributed by atoms with Crippen LogP contribution in [0.25, 0.3) is 17.2 Å². The number of carbonyl (C=O) groups excluding carboxylic acids is 1. The highest BCUT2D eigenvalue weighted by Gasteiger charge is 2.06. The zero-order chi connectivity index (χ0) is 25.6. The largest absolute Gasteiger partial charge is 0.493 e. The van der Waals surface area contributed by atoms with E-state index < -0.39 is 0 Å². The second-order valence-corrected chi connectivity index (χ2v) is 8.76. The summed E-state index contributed by atoms with van der Waals surface area (Å²) in [7, 11) is 5.44. The number of nitrogens with zero attached hydrogens (tertiary/aromatic N) is 2. The smallest absolute Gasteiger partial charge is 0.223 e. The van der Waals surface area contributed by atoms with E-state index in [-0.39, 0.29) is 5.91 Å². The van der Waals surface area contributed by atoms with Crippen molar-refractivity contribution in [3.05, 3.63) is 84.2 Å². The van der Waals surface area contributed by atoms with Crippen molar-refractivity contribution in [2.45, 2.75) is 25.7 Å². The van der Waals surface area contributed by atoms with Gasteiger partial charge in [0.05, 0.1) is 14.2 Å². The van der Waals surface area contributed by atoms with E-state index in [0.29, 0.717) is 13.0 Å². The van der Waals surface area contributed by atoms with Crippen LogP contribution in [-0.2, 0) is 11.2 Å². The quantitative estimate of drug-likeness (QED) is 0.315. The second kappa shape index (κ2) is 14.7. The minimum Gasteiger partial charge on any atom is -0.493 e. The van der Waals surface area contributed by atoms with Gasteiger partial charge in [0.2, 0.25) is 5.91 Å². The molecule has 0 spiro atoms. The highest BCUT2D eigenvalue weighted by molar-refractivity contribution is 5.78. The average molecular weight is 488 g/mol. The number of likely N-dealkylation sites (N-methyl/N-ethyl adjacent to an activating group) is 1. The van der Waals surface area contributed by atoms with Gasteiger partial charge in [-0.3, -0.25) is 9.78 Å². The van der Waals surface area contributed by atoms with Gasteiger partial charge in [-0.15, -0.1) is 0 Å². The maximum Gasteiger partial charge on any atom is 0.223 e. The van der Waals surface area contributed by atoms with Gasteiger partial charge in [-0.25, -0.2) is 0 Å². The Labute approximate surface area is 215 Å². The molecule has 0 saturated heterocycles. The first-order chi connectivity index (χ1) is 17.6. The minimum absolute atomic E-state index is 0.0569. The van der Waals surface area contributed by atoms with E-state index in [1.54, 1.807) is 26.6 Å². The third-order valence-electron chi connectivity index (χ3n) is 6.06. The summed E-state index contributed by atoms with van der Waals surface area (Å²) in [6.45, 7) is 2.67. The molecule has 6 nitrogen and oxygen atoms in total. The molecule has 1 aromatic heterocycles. The molecule has 0 atom stereocenters. The van der Waals surface area contributed by atoms with Crippen molar-refractivity contribution in [1.82, 2.24) is 15.2 Å². The maximum absolute atomic E-state index is 12.1. The highest BCUT2D eigenvalue weighted by atomic mass is 16.5. The number of rotatable bonds is 14. The van der Waals surface area contributed by atoms with Crippen LogP contribution in [0.3, 0.4) is 0 Å². The van der Waals surface area contributed by atoms with Crippen molar-refractivity contribution in [3.8, 4) is 22.6 Å². The predicted octanol–water partition coefficient (Wildman–Crippen LogP) is 5.24. The fourth-order valence-electron chi connectivity index (χ4n) is 3.91. The number of carbonyl (C=O) groups is 1. The lowest BCUT2D eigenvalue weighted by atomic mass is 10.0. The molecule has 0 aliphatic rings. The number of amides is 1. The third-order valence-corrected chi connectivity index (χ3v) is 6.06. The van der Waals surface area contributed by atoms with Gasteiger partial charge in [-0.05, 0) is 79.4 Å². The van der Waals surface area contributed by atoms with E-state index in [1.165, 1.54) is 5.56 Å². The molecule has 1 N–H and O–H groups in total. The van der Waals surface area contributed by atoms with Crippen LogP contribution in [0.15, 0.2) is 73.1 Å². The van der Waals surface area contributed by atoms with Gasteiger partial charge < -0.3 is 19.7 Å². The van der Waals surface area contributed by atoms with Crippen molar-refractivity contribution in [2.75, 3.05) is 40.9 Å². The molecule has 3 rings (SSSR count). The van der Waals surface area contributed by atoms with E-state index >= 15 is 0 Å². The molecule has 1 amide bonds. The number of methoxy groups -OCH3 is 2. The van der Waals surface area contributed by atoms with Gasteiger partial charge in [-0.2, -0.15) is 0 Å². The Bertz CT molecular complexity index is 1100. The Hall–Kier alpha value is -3.64. The molecule has 0 aliphatic carbocycles. The lowest BCUT2D eigenvalue weighted by Gasteiger charge is -2.17. The van der Waals surface area contributed by atoms with Gasteiger partial charge >= 0.3 is 0 Å². The summed E-state index contributed by atoms with van der Waals surface area (Å²) in [4.78, 5) is 18.5. The van der Waals surface area contributed by atoms with E-state index in [1.807, 2.05) is 36.4 Å². The SMILES string of the molecule is COc1ccc(CCN(C)CCCCNC(=O)CC=Cc2ccc(-c3ccncc3)cc2)cc1OC. The topological polar surface area (TPSA) is 63.7 Å². The van der Waals surface area contributed by atoms with E-state index in [4.69, 9.17) is 9.47 Å². The molecule has 36 heavy (non-hydrogen) atoms. The first-order valence-electron chi connectivity index (χ1n) is 12.4. The zero-order valence-corrected chi connectivity index (χ0v) is 21.6. The van der Waals surface area contributed by atoms with E-state index in [0.717, 1.165) is 60.5 Å². The average Bonchev–Trinajstić information content (AvgIpc) is 2.92. The van der Waals surface area contributed by atoms with Crippen molar-refractivity contribution in [1.29, 1.82) is 0 Å². The molecule has 0 aliphatic heterocycles. The monoisotopic (exact) mass is 487 g/mol. The molecular weight excluding hydrogens is 450 g/mol. The van der Waals surface area contributed by atoms with Crippen LogP contribution < -0.4 is 14.8 Å². The summed E-state index contributed by atoms with van der Waals surface area (Å²) in [5.74, 6) is 1.58. The molecule has 2 aromatic carbocycles. The second-order valence-electron chi connectivity index (χ2n) is 8.76. The summed E-state index contributed by atoms with van der Waals surface area (Å²) < 4.78 is 10.7. The van der Waals surface area contributed by atoms with E-state index in [2.05, 4.69) is 52.6 Å². The molecule has 0 unspecified atom stereocenters. The maximum atomic E-state index is 12.1. The normalized spacial score (nSPS) is 11.1. The number of hydrogen-bond donors (Lipinski definition) is 1. The van der Waals surface area contributed by atoms with Crippen LogP contribution in [0.5, 0.6) is 11.5 Å². The van der Waals surface area contributed by atoms with Crippen molar-refractivity contribution >= 4 is 12.0 Å². The molecule has 0 fully saturated rings. The summed E-state index contributed by atoms with van der Waals surface area (Å²) in [5.41, 5.74) is 4.60. The lowest BCUT2D eigenvalue weighted by molar-refractivity contribution is -0.120. The Morgan fingerprint density at radius 2 is 1.64 bits per heavy atom. The summed E-state index contributed by atoms with van der Waals surface area (Å²) in [6, 6.07) is 18.3.